The Kier molecular flexibility index (Phi) is 9.11. The molecule has 164 valence electrons. The number of fused-ring (bicyclic) bond motifs is 1. The highest BCUT2D eigenvalue weighted by Crippen LogP contribution is 2.27. The summed E-state index contributed by atoms with van der Waals surface area (Å²) in [5.74, 6) is 0.614. The first-order chi connectivity index (χ1) is 13.8. The van der Waals surface area contributed by atoms with Crippen LogP contribution in [0.3, 0.4) is 0 Å². The lowest BCUT2D eigenvalue weighted by Crippen LogP contribution is -2.27. The van der Waals surface area contributed by atoms with Crippen molar-refractivity contribution in [2.75, 3.05) is 11.9 Å². The molecule has 4 N–H and O–H groups in total. The number of sulfonamides is 1. The van der Waals surface area contributed by atoms with Gasteiger partial charge in [0.25, 0.3) is 0 Å². The number of nitrogens with zero attached hydrogens (tertiary/aromatic N) is 1. The Bertz CT molecular complexity index is 973. The van der Waals surface area contributed by atoms with E-state index < -0.39 is 10.0 Å². The average molecular weight is 542 g/mol. The summed E-state index contributed by atoms with van der Waals surface area (Å²) in [5, 5.41) is 3.23. The van der Waals surface area contributed by atoms with Gasteiger partial charge in [-0.2, -0.15) is 0 Å². The number of hydrogen-bond donors (Lipinski definition) is 3. The zero-order valence-electron chi connectivity index (χ0n) is 17.5. The first-order valence-electron chi connectivity index (χ1n) is 10.1. The van der Waals surface area contributed by atoms with Crippen molar-refractivity contribution < 1.29 is 8.42 Å². The first-order valence-corrected chi connectivity index (χ1v) is 11.6. The van der Waals surface area contributed by atoms with Crippen molar-refractivity contribution in [1.29, 1.82) is 0 Å². The second kappa shape index (κ2) is 11.1. The van der Waals surface area contributed by atoms with Crippen LogP contribution < -0.4 is 15.8 Å². The highest BCUT2D eigenvalue weighted by Gasteiger charge is 2.14. The summed E-state index contributed by atoms with van der Waals surface area (Å²) < 4.78 is 27.1. The molecule has 0 aliphatic heterocycles. The van der Waals surface area contributed by atoms with Crippen LogP contribution in [0.1, 0.15) is 43.4 Å². The Hall–Kier alpha value is -1.65. The third-order valence-electron chi connectivity index (χ3n) is 5.01. The molecular formula is C22H31IN4O2S. The summed E-state index contributed by atoms with van der Waals surface area (Å²) in [6.45, 7) is 4.73. The van der Waals surface area contributed by atoms with Gasteiger partial charge in [0.05, 0.1) is 11.4 Å². The zero-order chi connectivity index (χ0) is 20.9. The van der Waals surface area contributed by atoms with E-state index in [9.17, 15) is 8.42 Å². The fourth-order valence-corrected chi connectivity index (χ4v) is 4.60. The smallest absolute Gasteiger partial charge is 0.240 e. The molecule has 2 aromatic carbocycles. The van der Waals surface area contributed by atoms with Crippen LogP contribution in [0.4, 0.5) is 5.69 Å². The van der Waals surface area contributed by atoms with E-state index in [1.54, 1.807) is 24.3 Å². The van der Waals surface area contributed by atoms with E-state index in [2.05, 4.69) is 21.1 Å². The summed E-state index contributed by atoms with van der Waals surface area (Å²) in [7, 11) is -3.48. The van der Waals surface area contributed by atoms with Crippen LogP contribution in [0, 0.1) is 5.92 Å². The molecule has 3 rings (SSSR count). The van der Waals surface area contributed by atoms with E-state index in [4.69, 9.17) is 5.73 Å². The van der Waals surface area contributed by atoms with Crippen LogP contribution in [-0.4, -0.2) is 20.9 Å². The molecule has 0 aromatic heterocycles. The van der Waals surface area contributed by atoms with Crippen LogP contribution in [0.25, 0.3) is 0 Å². The number of anilines is 1. The fraction of sp³-hybridized carbons (Fsp3) is 0.409. The number of guanidine groups is 1. The number of rotatable bonds is 7. The Morgan fingerprint density at radius 2 is 1.80 bits per heavy atom. The van der Waals surface area contributed by atoms with E-state index in [1.807, 2.05) is 26.0 Å². The molecule has 1 aliphatic rings. The van der Waals surface area contributed by atoms with Gasteiger partial charge in [-0.05, 0) is 66.5 Å². The Balaban J connectivity index is 0.00000320. The first kappa shape index (κ1) is 24.6. The summed E-state index contributed by atoms with van der Waals surface area (Å²) in [6.07, 6.45) is 4.61. The van der Waals surface area contributed by atoms with Crippen molar-refractivity contribution in [1.82, 2.24) is 4.72 Å². The second-order valence-corrected chi connectivity index (χ2v) is 9.63. The van der Waals surface area contributed by atoms with E-state index >= 15 is 0 Å². The third-order valence-corrected chi connectivity index (χ3v) is 6.45. The molecule has 0 fully saturated rings. The topological polar surface area (TPSA) is 96.6 Å². The second-order valence-electron chi connectivity index (χ2n) is 7.87. The molecule has 0 saturated heterocycles. The van der Waals surface area contributed by atoms with Crippen LogP contribution in [0.5, 0.6) is 0 Å². The van der Waals surface area contributed by atoms with Crippen LogP contribution in [0.2, 0.25) is 0 Å². The molecule has 1 aliphatic carbocycles. The number of nitrogens with two attached hydrogens (primary N) is 1. The van der Waals surface area contributed by atoms with Crippen molar-refractivity contribution in [3.05, 3.63) is 59.2 Å². The largest absolute Gasteiger partial charge is 0.370 e. The fourth-order valence-electron chi connectivity index (χ4n) is 3.39. The highest BCUT2D eigenvalue weighted by atomic mass is 127. The van der Waals surface area contributed by atoms with E-state index in [1.165, 1.54) is 24.0 Å². The molecule has 6 nitrogen and oxygen atoms in total. The lowest BCUT2D eigenvalue weighted by atomic mass is 9.90. The predicted octanol–water partition coefficient (Wildman–Crippen LogP) is 4.04. The van der Waals surface area contributed by atoms with E-state index in [0.29, 0.717) is 19.0 Å². The monoisotopic (exact) mass is 542 g/mol. The number of benzene rings is 2. The van der Waals surface area contributed by atoms with Crippen molar-refractivity contribution in [3.63, 3.8) is 0 Å². The molecule has 0 saturated carbocycles. The van der Waals surface area contributed by atoms with Gasteiger partial charge in [-0.15, -0.1) is 24.0 Å². The number of halogens is 1. The van der Waals surface area contributed by atoms with Gasteiger partial charge in [-0.3, -0.25) is 0 Å². The zero-order valence-corrected chi connectivity index (χ0v) is 20.7. The minimum Gasteiger partial charge on any atom is -0.370 e. The van der Waals surface area contributed by atoms with Crippen molar-refractivity contribution in [2.45, 2.75) is 51.0 Å². The summed E-state index contributed by atoms with van der Waals surface area (Å²) in [6, 6.07) is 13.0. The van der Waals surface area contributed by atoms with Gasteiger partial charge in [0.15, 0.2) is 5.96 Å². The standard InChI is InChI=1S/C22H30N4O2S.HI/c1-16(2)14-25-29(27,28)19-12-10-17(11-13-19)15-24-22(23)26-21-9-5-7-18-6-3-4-8-20(18)21;/h5,7,9-13,16,25H,3-4,6,8,14-15H2,1-2H3,(H3,23,24,26);1H. The van der Waals surface area contributed by atoms with Crippen molar-refractivity contribution >= 4 is 45.6 Å². The number of nitrogens with one attached hydrogen (secondary N) is 2. The van der Waals surface area contributed by atoms with Gasteiger partial charge in [0, 0.05) is 12.2 Å². The lowest BCUT2D eigenvalue weighted by Gasteiger charge is -2.19. The average Bonchev–Trinajstić information content (AvgIpc) is 2.71. The molecule has 0 radical (unpaired) electrons. The third kappa shape index (κ3) is 6.68. The van der Waals surface area contributed by atoms with Gasteiger partial charge >= 0.3 is 0 Å². The Labute approximate surface area is 196 Å². The van der Waals surface area contributed by atoms with Gasteiger partial charge in [0.2, 0.25) is 10.0 Å². The van der Waals surface area contributed by atoms with Crippen molar-refractivity contribution in [3.8, 4) is 0 Å². The molecular weight excluding hydrogens is 511 g/mol. The molecule has 0 spiro atoms. The van der Waals surface area contributed by atoms with Crippen LogP contribution in [-0.2, 0) is 29.4 Å². The summed E-state index contributed by atoms with van der Waals surface area (Å²) in [4.78, 5) is 4.67. The van der Waals surface area contributed by atoms with Crippen LogP contribution in [0.15, 0.2) is 52.4 Å². The molecule has 2 aromatic rings. The van der Waals surface area contributed by atoms with Gasteiger partial charge < -0.3 is 11.1 Å². The summed E-state index contributed by atoms with van der Waals surface area (Å²) >= 11 is 0. The maximum atomic E-state index is 12.3. The minimum atomic E-state index is -3.48. The number of aryl methyl sites for hydroxylation is 1. The Morgan fingerprint density at radius 1 is 1.10 bits per heavy atom. The quantitative estimate of drug-likeness (QED) is 0.280. The molecule has 0 atom stereocenters. The van der Waals surface area contributed by atoms with Gasteiger partial charge in [-0.1, -0.05) is 38.1 Å². The molecule has 8 heteroatoms. The maximum absolute atomic E-state index is 12.3. The predicted molar refractivity (Wildman–Crippen MR) is 134 cm³/mol. The molecule has 0 bridgehead atoms. The summed E-state index contributed by atoms with van der Waals surface area (Å²) in [5.41, 5.74) is 10.7. The molecule has 0 unspecified atom stereocenters. The molecule has 0 heterocycles. The lowest BCUT2D eigenvalue weighted by molar-refractivity contribution is 0.560. The van der Waals surface area contributed by atoms with Crippen molar-refractivity contribution in [2.24, 2.45) is 16.6 Å². The molecule has 30 heavy (non-hydrogen) atoms. The maximum Gasteiger partial charge on any atom is 0.240 e. The highest BCUT2D eigenvalue weighted by molar-refractivity contribution is 14.0. The normalized spacial score (nSPS) is 14.2. The number of aliphatic imine (C=N–C) groups is 1. The van der Waals surface area contributed by atoms with Gasteiger partial charge in [0.1, 0.15) is 0 Å². The van der Waals surface area contributed by atoms with E-state index in [-0.39, 0.29) is 34.8 Å². The van der Waals surface area contributed by atoms with E-state index in [0.717, 1.165) is 24.1 Å². The van der Waals surface area contributed by atoms with Gasteiger partial charge in [-0.25, -0.2) is 18.1 Å². The van der Waals surface area contributed by atoms with Crippen LogP contribution >= 0.6 is 24.0 Å². The minimum absolute atomic E-state index is 0. The molecule has 0 amide bonds. The SMILES string of the molecule is CC(C)CNS(=O)(=O)c1ccc(CN=C(N)Nc2cccc3c2CCCC3)cc1.I. The Morgan fingerprint density at radius 3 is 2.50 bits per heavy atom. The number of hydrogen-bond acceptors (Lipinski definition) is 3.